The van der Waals surface area contributed by atoms with Gasteiger partial charge in [-0.05, 0) is 34.5 Å². The lowest BCUT2D eigenvalue weighted by Gasteiger charge is -2.03. The molecule has 1 N–H and O–H groups in total. The van der Waals surface area contributed by atoms with Crippen molar-refractivity contribution < 1.29 is 4.79 Å². The molecule has 3 aromatic rings. The number of amides is 1. The number of aryl methyl sites for hydroxylation is 1. The molecule has 0 fully saturated rings. The van der Waals surface area contributed by atoms with E-state index in [4.69, 9.17) is 11.6 Å². The van der Waals surface area contributed by atoms with Crippen molar-refractivity contribution >= 4 is 39.4 Å². The van der Waals surface area contributed by atoms with Crippen molar-refractivity contribution in [3.8, 4) is 0 Å². The number of rotatable bonds is 4. The molecule has 124 valence electrons. The number of nitrogens with one attached hydrogen (secondary N) is 1. The van der Waals surface area contributed by atoms with Crippen molar-refractivity contribution in [2.75, 3.05) is 5.32 Å². The highest BCUT2D eigenvalue weighted by Gasteiger charge is 2.19. The lowest BCUT2D eigenvalue weighted by atomic mass is 10.2. The van der Waals surface area contributed by atoms with Crippen LogP contribution >= 0.6 is 27.5 Å². The third kappa shape index (κ3) is 3.34. The molecule has 24 heavy (non-hydrogen) atoms. The Kier molecular flexibility index (Phi) is 4.68. The van der Waals surface area contributed by atoms with Crippen LogP contribution < -0.4 is 5.32 Å². The maximum atomic E-state index is 12.3. The summed E-state index contributed by atoms with van der Waals surface area (Å²) in [5.74, 6) is -0.164. The molecule has 0 saturated heterocycles. The van der Waals surface area contributed by atoms with E-state index in [-0.39, 0.29) is 17.5 Å². The first-order valence-electron chi connectivity index (χ1n) is 7.09. The quantitative estimate of drug-likeness (QED) is 0.718. The summed E-state index contributed by atoms with van der Waals surface area (Å²) in [5.41, 5.74) is 2.07. The highest BCUT2D eigenvalue weighted by atomic mass is 79.9. The largest absolute Gasteiger partial charge is 0.288 e. The first kappa shape index (κ1) is 16.7. The lowest BCUT2D eigenvalue weighted by Crippen LogP contribution is -2.15. The molecule has 0 radical (unpaired) electrons. The average molecular weight is 410 g/mol. The van der Waals surface area contributed by atoms with Crippen LogP contribution in [0.25, 0.3) is 0 Å². The summed E-state index contributed by atoms with van der Waals surface area (Å²) in [6.07, 6.45) is 1.54. The first-order chi connectivity index (χ1) is 11.5. The Morgan fingerprint density at radius 2 is 2.08 bits per heavy atom. The number of hydrogen-bond donors (Lipinski definition) is 1. The second kappa shape index (κ2) is 6.74. The fourth-order valence-electron chi connectivity index (χ4n) is 2.12. The van der Waals surface area contributed by atoms with Gasteiger partial charge in [-0.15, -0.1) is 5.10 Å². The first-order valence-corrected chi connectivity index (χ1v) is 8.26. The van der Waals surface area contributed by atoms with E-state index >= 15 is 0 Å². The third-order valence-electron chi connectivity index (χ3n) is 3.53. The van der Waals surface area contributed by atoms with Crippen LogP contribution in [0.1, 0.15) is 21.7 Å². The van der Waals surface area contributed by atoms with E-state index in [9.17, 15) is 4.79 Å². The van der Waals surface area contributed by atoms with E-state index in [0.717, 1.165) is 11.3 Å². The summed E-state index contributed by atoms with van der Waals surface area (Å²) in [6, 6.07) is 7.50. The van der Waals surface area contributed by atoms with Crippen LogP contribution in [-0.2, 0) is 13.6 Å². The lowest BCUT2D eigenvalue weighted by molar-refractivity contribution is 0.102. The molecule has 0 spiro atoms. The van der Waals surface area contributed by atoms with E-state index in [2.05, 4.69) is 36.4 Å². The van der Waals surface area contributed by atoms with Gasteiger partial charge in [0.1, 0.15) is 6.33 Å². The van der Waals surface area contributed by atoms with Crippen molar-refractivity contribution in [2.45, 2.75) is 13.5 Å². The van der Waals surface area contributed by atoms with Gasteiger partial charge in [-0.25, -0.2) is 9.67 Å². The molecular formula is C15H14BrClN6O. The number of halogens is 2. The molecule has 2 heterocycles. The van der Waals surface area contributed by atoms with E-state index < -0.39 is 0 Å². The minimum atomic E-state index is -0.374. The SMILES string of the molecule is Cc1c(Br)c(C(=O)Nc2ncn(Cc3ccccc3Cl)n2)nn1C. The molecule has 0 bridgehead atoms. The van der Waals surface area contributed by atoms with Gasteiger partial charge < -0.3 is 0 Å². The summed E-state index contributed by atoms with van der Waals surface area (Å²) in [6.45, 7) is 2.33. The van der Waals surface area contributed by atoms with Crippen molar-refractivity contribution in [2.24, 2.45) is 7.05 Å². The van der Waals surface area contributed by atoms with E-state index in [1.807, 2.05) is 31.2 Å². The summed E-state index contributed by atoms with van der Waals surface area (Å²) in [4.78, 5) is 16.4. The number of aromatic nitrogens is 5. The van der Waals surface area contributed by atoms with Gasteiger partial charge in [-0.1, -0.05) is 29.8 Å². The molecule has 1 amide bonds. The zero-order valence-corrected chi connectivity index (χ0v) is 15.3. The van der Waals surface area contributed by atoms with Crippen LogP contribution in [0.2, 0.25) is 5.02 Å². The second-order valence-corrected chi connectivity index (χ2v) is 6.38. The molecular weight excluding hydrogens is 396 g/mol. The second-order valence-electron chi connectivity index (χ2n) is 5.18. The van der Waals surface area contributed by atoms with Gasteiger partial charge in [0.2, 0.25) is 5.95 Å². The topological polar surface area (TPSA) is 77.6 Å². The molecule has 0 atom stereocenters. The molecule has 0 aliphatic carbocycles. The maximum absolute atomic E-state index is 12.3. The van der Waals surface area contributed by atoms with Crippen molar-refractivity contribution in [1.82, 2.24) is 24.5 Å². The van der Waals surface area contributed by atoms with Gasteiger partial charge in [0.15, 0.2) is 5.69 Å². The van der Waals surface area contributed by atoms with Crippen LogP contribution in [0.4, 0.5) is 5.95 Å². The van der Waals surface area contributed by atoms with E-state index in [0.29, 0.717) is 16.0 Å². The summed E-state index contributed by atoms with van der Waals surface area (Å²) >= 11 is 9.50. The number of carbonyl (C=O) groups excluding carboxylic acids is 1. The van der Waals surface area contributed by atoms with Gasteiger partial charge in [-0.3, -0.25) is 14.8 Å². The number of anilines is 1. The van der Waals surface area contributed by atoms with E-state index in [1.54, 1.807) is 16.4 Å². The maximum Gasteiger partial charge on any atom is 0.279 e. The predicted octanol–water partition coefficient (Wildman–Crippen LogP) is 3.04. The highest BCUT2D eigenvalue weighted by molar-refractivity contribution is 9.10. The molecule has 7 nitrogen and oxygen atoms in total. The highest BCUT2D eigenvalue weighted by Crippen LogP contribution is 2.21. The van der Waals surface area contributed by atoms with Crippen LogP contribution in [0.15, 0.2) is 35.1 Å². The molecule has 3 rings (SSSR count). The smallest absolute Gasteiger partial charge is 0.279 e. The van der Waals surface area contributed by atoms with Crippen LogP contribution in [-0.4, -0.2) is 30.5 Å². The fourth-order valence-corrected chi connectivity index (χ4v) is 2.83. The van der Waals surface area contributed by atoms with Crippen LogP contribution in [0.5, 0.6) is 0 Å². The zero-order valence-electron chi connectivity index (χ0n) is 13.0. The Bertz CT molecular complexity index is 903. The Balaban J connectivity index is 1.73. The predicted molar refractivity (Wildman–Crippen MR) is 94.2 cm³/mol. The standard InChI is InChI=1S/C15H14BrClN6O/c1-9-12(16)13(20-22(9)2)14(24)19-15-18-8-23(21-15)7-10-5-3-4-6-11(10)17/h3-6,8H,7H2,1-2H3,(H,19,21,24). The Morgan fingerprint density at radius 1 is 1.33 bits per heavy atom. The van der Waals surface area contributed by atoms with Gasteiger partial charge in [0.25, 0.3) is 5.91 Å². The Morgan fingerprint density at radius 3 is 2.75 bits per heavy atom. The summed E-state index contributed by atoms with van der Waals surface area (Å²) in [5, 5.41) is 11.7. The van der Waals surface area contributed by atoms with Crippen molar-refractivity contribution in [3.63, 3.8) is 0 Å². The van der Waals surface area contributed by atoms with Crippen LogP contribution in [0.3, 0.4) is 0 Å². The van der Waals surface area contributed by atoms with Gasteiger partial charge in [0.05, 0.1) is 16.7 Å². The minimum absolute atomic E-state index is 0.210. The van der Waals surface area contributed by atoms with Gasteiger partial charge >= 0.3 is 0 Å². The van der Waals surface area contributed by atoms with Crippen LogP contribution in [0, 0.1) is 6.92 Å². The number of benzene rings is 1. The molecule has 0 saturated carbocycles. The van der Waals surface area contributed by atoms with Gasteiger partial charge in [0, 0.05) is 12.1 Å². The molecule has 0 aliphatic heterocycles. The summed E-state index contributed by atoms with van der Waals surface area (Å²) in [7, 11) is 1.77. The molecule has 1 aromatic carbocycles. The molecule has 0 aliphatic rings. The molecule has 0 unspecified atom stereocenters. The number of nitrogens with zero attached hydrogens (tertiary/aromatic N) is 5. The Labute approximate surface area is 151 Å². The van der Waals surface area contributed by atoms with E-state index in [1.165, 1.54) is 6.33 Å². The van der Waals surface area contributed by atoms with Gasteiger partial charge in [-0.2, -0.15) is 5.10 Å². The third-order valence-corrected chi connectivity index (χ3v) is 4.85. The zero-order chi connectivity index (χ0) is 17.3. The fraction of sp³-hybridized carbons (Fsp3) is 0.200. The Hall–Kier alpha value is -2.19. The van der Waals surface area contributed by atoms with Crippen molar-refractivity contribution in [1.29, 1.82) is 0 Å². The molecule has 9 heteroatoms. The minimum Gasteiger partial charge on any atom is -0.288 e. The number of hydrogen-bond acceptors (Lipinski definition) is 4. The normalized spacial score (nSPS) is 10.8. The average Bonchev–Trinajstić information content (AvgIpc) is 3.09. The number of carbonyl (C=O) groups is 1. The summed E-state index contributed by atoms with van der Waals surface area (Å²) < 4.78 is 3.89. The monoisotopic (exact) mass is 408 g/mol. The molecule has 2 aromatic heterocycles. The van der Waals surface area contributed by atoms with Crippen molar-refractivity contribution in [3.05, 3.63) is 57.0 Å².